The summed E-state index contributed by atoms with van der Waals surface area (Å²) in [6.45, 7) is 0.439. The smallest absolute Gasteiger partial charge is 0.356 e. The summed E-state index contributed by atoms with van der Waals surface area (Å²) in [6, 6.07) is 1.64. The number of ether oxygens (including phenoxy) is 1. The first-order valence-electron chi connectivity index (χ1n) is 5.34. The van der Waals surface area contributed by atoms with Crippen LogP contribution in [-0.2, 0) is 11.8 Å². The summed E-state index contributed by atoms with van der Waals surface area (Å²) in [5.41, 5.74) is 0.476. The molecule has 0 aromatic carbocycles. The predicted octanol–water partition coefficient (Wildman–Crippen LogP) is 1.77. The highest BCUT2D eigenvalue weighted by molar-refractivity contribution is 5.87. The van der Waals surface area contributed by atoms with Gasteiger partial charge in [0.05, 0.1) is 6.61 Å². The van der Waals surface area contributed by atoms with Crippen molar-refractivity contribution in [3.05, 3.63) is 18.0 Å². The van der Waals surface area contributed by atoms with Crippen LogP contribution in [0, 0.1) is 12.3 Å². The van der Waals surface area contributed by atoms with Crippen LogP contribution in [-0.4, -0.2) is 22.4 Å². The maximum atomic E-state index is 11.5. The van der Waals surface area contributed by atoms with E-state index in [4.69, 9.17) is 11.2 Å². The fourth-order valence-corrected chi connectivity index (χ4v) is 1.32. The molecule has 1 aromatic heterocycles. The van der Waals surface area contributed by atoms with Crippen molar-refractivity contribution in [1.29, 1.82) is 0 Å². The van der Waals surface area contributed by atoms with Crippen molar-refractivity contribution >= 4 is 5.97 Å². The Morgan fingerprint density at radius 3 is 3.00 bits per heavy atom. The molecule has 0 bridgehead atoms. The molecule has 0 N–H and O–H groups in total. The molecule has 86 valence electrons. The fourth-order valence-electron chi connectivity index (χ4n) is 1.32. The average Bonchev–Trinajstić information content (AvgIpc) is 2.69. The number of hydrogen-bond acceptors (Lipinski definition) is 3. The fraction of sp³-hybridized carbons (Fsp3) is 0.500. The summed E-state index contributed by atoms with van der Waals surface area (Å²) in [6.07, 6.45) is 10.3. The van der Waals surface area contributed by atoms with Gasteiger partial charge in [0, 0.05) is 19.7 Å². The van der Waals surface area contributed by atoms with E-state index >= 15 is 0 Å². The first-order valence-corrected chi connectivity index (χ1v) is 5.34. The molecule has 0 atom stereocenters. The monoisotopic (exact) mass is 220 g/mol. The summed E-state index contributed by atoms with van der Waals surface area (Å²) in [5.74, 6) is 2.26. The molecule has 0 amide bonds. The zero-order chi connectivity index (χ0) is 11.8. The van der Waals surface area contributed by atoms with Crippen molar-refractivity contribution in [2.24, 2.45) is 7.05 Å². The van der Waals surface area contributed by atoms with E-state index in [0.717, 1.165) is 25.7 Å². The minimum absolute atomic E-state index is 0.322. The topological polar surface area (TPSA) is 44.1 Å². The van der Waals surface area contributed by atoms with E-state index in [-0.39, 0.29) is 5.97 Å². The Morgan fingerprint density at radius 2 is 2.38 bits per heavy atom. The Balaban J connectivity index is 2.17. The molecule has 0 spiro atoms. The van der Waals surface area contributed by atoms with E-state index in [2.05, 4.69) is 11.0 Å². The van der Waals surface area contributed by atoms with Crippen molar-refractivity contribution in [3.8, 4) is 12.3 Å². The summed E-state index contributed by atoms with van der Waals surface area (Å²) in [5, 5.41) is 3.90. The molecule has 0 radical (unpaired) electrons. The van der Waals surface area contributed by atoms with Gasteiger partial charge in [0.2, 0.25) is 0 Å². The molecule has 0 aliphatic rings. The largest absolute Gasteiger partial charge is 0.461 e. The number of unbranched alkanes of at least 4 members (excludes halogenated alkanes) is 3. The van der Waals surface area contributed by atoms with Gasteiger partial charge in [0.1, 0.15) is 5.69 Å². The normalized spacial score (nSPS) is 9.75. The van der Waals surface area contributed by atoms with Crippen LogP contribution in [0.3, 0.4) is 0 Å². The lowest BCUT2D eigenvalue weighted by molar-refractivity contribution is 0.0485. The highest BCUT2D eigenvalue weighted by Gasteiger charge is 2.10. The van der Waals surface area contributed by atoms with Crippen LogP contribution in [0.5, 0.6) is 0 Å². The summed E-state index contributed by atoms with van der Waals surface area (Å²) in [4.78, 5) is 11.5. The number of aryl methyl sites for hydroxylation is 1. The molecule has 0 fully saturated rings. The first kappa shape index (κ1) is 12.3. The highest BCUT2D eigenvalue weighted by Crippen LogP contribution is 2.03. The quantitative estimate of drug-likeness (QED) is 0.417. The van der Waals surface area contributed by atoms with Crippen LogP contribution in [0.2, 0.25) is 0 Å². The third kappa shape index (κ3) is 3.77. The minimum atomic E-state index is -0.322. The van der Waals surface area contributed by atoms with Gasteiger partial charge in [-0.2, -0.15) is 5.10 Å². The standard InChI is InChI=1S/C12H16N2O2/c1-3-4-5-6-7-10-16-12(15)11-8-9-13-14(11)2/h1,8-9H,4-7,10H2,2H3. The summed E-state index contributed by atoms with van der Waals surface area (Å²) in [7, 11) is 1.71. The van der Waals surface area contributed by atoms with Crippen LogP contribution in [0.4, 0.5) is 0 Å². The van der Waals surface area contributed by atoms with Gasteiger partial charge in [-0.25, -0.2) is 4.79 Å². The lowest BCUT2D eigenvalue weighted by Gasteiger charge is -2.04. The van der Waals surface area contributed by atoms with Crippen molar-refractivity contribution in [3.63, 3.8) is 0 Å². The van der Waals surface area contributed by atoms with Gasteiger partial charge in [-0.05, 0) is 25.3 Å². The van der Waals surface area contributed by atoms with E-state index in [9.17, 15) is 4.79 Å². The van der Waals surface area contributed by atoms with Crippen LogP contribution < -0.4 is 0 Å². The van der Waals surface area contributed by atoms with Crippen LogP contribution >= 0.6 is 0 Å². The number of carbonyl (C=O) groups excluding carboxylic acids is 1. The second-order valence-electron chi connectivity index (χ2n) is 3.49. The van der Waals surface area contributed by atoms with Gasteiger partial charge in [-0.1, -0.05) is 0 Å². The van der Waals surface area contributed by atoms with E-state index < -0.39 is 0 Å². The Bertz CT molecular complexity index is 377. The van der Waals surface area contributed by atoms with E-state index in [1.54, 1.807) is 19.3 Å². The number of hydrogen-bond donors (Lipinski definition) is 0. The number of terminal acetylenes is 1. The molecular weight excluding hydrogens is 204 g/mol. The minimum Gasteiger partial charge on any atom is -0.461 e. The molecular formula is C12H16N2O2. The summed E-state index contributed by atoms with van der Waals surface area (Å²) < 4.78 is 6.60. The number of esters is 1. The predicted molar refractivity (Wildman–Crippen MR) is 60.8 cm³/mol. The second-order valence-corrected chi connectivity index (χ2v) is 3.49. The van der Waals surface area contributed by atoms with Crippen LogP contribution in [0.1, 0.15) is 36.2 Å². The van der Waals surface area contributed by atoms with Crippen molar-refractivity contribution in [2.75, 3.05) is 6.61 Å². The van der Waals surface area contributed by atoms with Gasteiger partial charge >= 0.3 is 5.97 Å². The Labute approximate surface area is 95.6 Å². The Kier molecular flexibility index (Phi) is 5.13. The van der Waals surface area contributed by atoms with Crippen molar-refractivity contribution < 1.29 is 9.53 Å². The SMILES string of the molecule is C#CCCCCCOC(=O)c1ccnn1C. The van der Waals surface area contributed by atoms with Crippen molar-refractivity contribution in [1.82, 2.24) is 9.78 Å². The Morgan fingerprint density at radius 1 is 1.56 bits per heavy atom. The molecule has 1 rings (SSSR count). The molecule has 1 heterocycles. The molecule has 0 aliphatic heterocycles. The maximum absolute atomic E-state index is 11.5. The van der Waals surface area contributed by atoms with E-state index in [1.807, 2.05) is 0 Å². The lowest BCUT2D eigenvalue weighted by atomic mass is 10.2. The molecule has 16 heavy (non-hydrogen) atoms. The van der Waals surface area contributed by atoms with Gasteiger partial charge in [0.15, 0.2) is 0 Å². The van der Waals surface area contributed by atoms with Gasteiger partial charge in [-0.3, -0.25) is 4.68 Å². The first-order chi connectivity index (χ1) is 7.75. The molecule has 4 nitrogen and oxygen atoms in total. The van der Waals surface area contributed by atoms with E-state index in [1.165, 1.54) is 4.68 Å². The van der Waals surface area contributed by atoms with E-state index in [0.29, 0.717) is 12.3 Å². The molecule has 0 saturated heterocycles. The second kappa shape index (κ2) is 6.67. The molecule has 0 saturated carbocycles. The number of aromatic nitrogens is 2. The zero-order valence-electron chi connectivity index (χ0n) is 9.48. The third-order valence-corrected chi connectivity index (χ3v) is 2.23. The van der Waals surface area contributed by atoms with Gasteiger partial charge in [0.25, 0.3) is 0 Å². The number of carbonyl (C=O) groups is 1. The molecule has 0 aliphatic carbocycles. The molecule has 4 heteroatoms. The lowest BCUT2D eigenvalue weighted by Crippen LogP contribution is -2.11. The molecule has 1 aromatic rings. The van der Waals surface area contributed by atoms with Crippen LogP contribution in [0.25, 0.3) is 0 Å². The average molecular weight is 220 g/mol. The summed E-state index contributed by atoms with van der Waals surface area (Å²) >= 11 is 0. The Hall–Kier alpha value is -1.76. The van der Waals surface area contributed by atoms with Crippen LogP contribution in [0.15, 0.2) is 12.3 Å². The molecule has 0 unspecified atom stereocenters. The van der Waals surface area contributed by atoms with Gasteiger partial charge < -0.3 is 4.74 Å². The third-order valence-electron chi connectivity index (χ3n) is 2.23. The highest BCUT2D eigenvalue weighted by atomic mass is 16.5. The zero-order valence-corrected chi connectivity index (χ0v) is 9.48. The van der Waals surface area contributed by atoms with Gasteiger partial charge in [-0.15, -0.1) is 12.3 Å². The number of rotatable bonds is 6. The van der Waals surface area contributed by atoms with Crippen molar-refractivity contribution in [2.45, 2.75) is 25.7 Å². The number of nitrogens with zero attached hydrogens (tertiary/aromatic N) is 2. The maximum Gasteiger partial charge on any atom is 0.356 e.